The lowest BCUT2D eigenvalue weighted by Gasteiger charge is -2.46. The molecule has 0 bridgehead atoms. The fraction of sp³-hybridized carbons (Fsp3) is 0.600. The van der Waals surface area contributed by atoms with E-state index in [0.29, 0.717) is 6.61 Å². The molecular weight excluding hydrogens is 400 g/mol. The fourth-order valence-corrected chi connectivity index (χ4v) is 5.12. The van der Waals surface area contributed by atoms with Crippen LogP contribution in [0.3, 0.4) is 0 Å². The van der Waals surface area contributed by atoms with E-state index in [-0.39, 0.29) is 16.6 Å². The monoisotopic (exact) mass is 436 g/mol. The van der Waals surface area contributed by atoms with Crippen LogP contribution in [-0.4, -0.2) is 55.3 Å². The highest BCUT2D eigenvalue weighted by atomic mass is 16.5. The maximum Gasteiger partial charge on any atom is 0.129 e. The number of ether oxygens (including phenoxy) is 1. The predicted octanol–water partition coefficient (Wildman–Crippen LogP) is 4.43. The van der Waals surface area contributed by atoms with Gasteiger partial charge in [0.05, 0.1) is 18.0 Å². The second-order valence-corrected chi connectivity index (χ2v) is 10.1. The summed E-state index contributed by atoms with van der Waals surface area (Å²) in [5.74, 6) is 0.867. The van der Waals surface area contributed by atoms with Gasteiger partial charge in [-0.2, -0.15) is 5.10 Å². The number of rotatable bonds is 8. The van der Waals surface area contributed by atoms with Crippen LogP contribution in [0.2, 0.25) is 0 Å². The number of pyridine rings is 1. The highest BCUT2D eigenvalue weighted by Crippen LogP contribution is 2.49. The van der Waals surface area contributed by atoms with Crippen LogP contribution in [0, 0.1) is 12.3 Å². The molecule has 32 heavy (non-hydrogen) atoms. The van der Waals surface area contributed by atoms with Crippen molar-refractivity contribution in [1.29, 1.82) is 0 Å². The minimum absolute atomic E-state index is 0.00706. The molecule has 0 amide bonds. The molecule has 0 radical (unpaired) electrons. The molecule has 7 nitrogen and oxygen atoms in total. The molecule has 1 aliphatic rings. The Hall–Kier alpha value is -2.38. The number of fused-ring (bicyclic) bond motifs is 1. The third-order valence-electron chi connectivity index (χ3n) is 7.61. The quantitative estimate of drug-likeness (QED) is 0.563. The van der Waals surface area contributed by atoms with Gasteiger partial charge in [-0.05, 0) is 72.6 Å². The first-order valence-electron chi connectivity index (χ1n) is 11.6. The fourth-order valence-electron chi connectivity index (χ4n) is 5.12. The van der Waals surface area contributed by atoms with Crippen molar-refractivity contribution in [1.82, 2.24) is 30.0 Å². The first-order valence-corrected chi connectivity index (χ1v) is 11.6. The summed E-state index contributed by atoms with van der Waals surface area (Å²) in [6, 6.07) is 4.32. The van der Waals surface area contributed by atoms with E-state index in [1.807, 2.05) is 19.3 Å². The van der Waals surface area contributed by atoms with Gasteiger partial charge in [-0.15, -0.1) is 0 Å². The van der Waals surface area contributed by atoms with Gasteiger partial charge in [-0.25, -0.2) is 9.97 Å². The molecule has 0 aliphatic carbocycles. The molecule has 172 valence electrons. The summed E-state index contributed by atoms with van der Waals surface area (Å²) in [7, 11) is 0. The van der Waals surface area contributed by atoms with E-state index < -0.39 is 0 Å². The van der Waals surface area contributed by atoms with Crippen LogP contribution in [-0.2, 0) is 16.7 Å². The Morgan fingerprint density at radius 1 is 1.12 bits per heavy atom. The van der Waals surface area contributed by atoms with Gasteiger partial charge >= 0.3 is 0 Å². The largest absolute Gasteiger partial charge is 0.375 e. The molecule has 3 aromatic heterocycles. The number of nitrogens with zero attached hydrogens (tertiary/aromatic N) is 5. The Kier molecular flexibility index (Phi) is 6.07. The van der Waals surface area contributed by atoms with E-state index in [0.717, 1.165) is 54.9 Å². The second kappa shape index (κ2) is 8.52. The molecule has 1 atom stereocenters. The molecule has 1 N–H and O–H groups in total. The third kappa shape index (κ3) is 4.16. The normalized spacial score (nSPS) is 20.3. The van der Waals surface area contributed by atoms with Gasteiger partial charge in [0.1, 0.15) is 16.9 Å². The lowest BCUT2D eigenvalue weighted by Crippen LogP contribution is -2.50. The molecule has 0 saturated carbocycles. The summed E-state index contributed by atoms with van der Waals surface area (Å²) >= 11 is 0. The predicted molar refractivity (Wildman–Crippen MR) is 126 cm³/mol. The van der Waals surface area contributed by atoms with Gasteiger partial charge in [0.2, 0.25) is 0 Å². The van der Waals surface area contributed by atoms with Crippen LogP contribution >= 0.6 is 0 Å². The number of hydrogen-bond acceptors (Lipinski definition) is 6. The summed E-state index contributed by atoms with van der Waals surface area (Å²) in [5, 5.41) is 7.00. The maximum absolute atomic E-state index is 6.35. The first kappa shape index (κ1) is 22.8. The van der Waals surface area contributed by atoms with Crippen molar-refractivity contribution in [2.75, 3.05) is 19.7 Å². The van der Waals surface area contributed by atoms with Crippen LogP contribution in [0.25, 0.3) is 11.0 Å². The summed E-state index contributed by atoms with van der Waals surface area (Å²) < 4.78 is 6.35. The van der Waals surface area contributed by atoms with E-state index in [9.17, 15) is 0 Å². The molecule has 0 aromatic carbocycles. The van der Waals surface area contributed by atoms with Crippen molar-refractivity contribution in [3.05, 3.63) is 47.8 Å². The van der Waals surface area contributed by atoms with Crippen molar-refractivity contribution in [2.45, 2.75) is 71.9 Å². The molecule has 4 rings (SSSR count). The van der Waals surface area contributed by atoms with Gasteiger partial charge in [0.25, 0.3) is 0 Å². The van der Waals surface area contributed by atoms with Crippen LogP contribution in [0.15, 0.2) is 30.7 Å². The summed E-state index contributed by atoms with van der Waals surface area (Å²) in [6.45, 7) is 15.9. The van der Waals surface area contributed by atoms with E-state index in [1.54, 1.807) is 6.20 Å². The molecule has 1 fully saturated rings. The lowest BCUT2D eigenvalue weighted by molar-refractivity contribution is -0.109. The van der Waals surface area contributed by atoms with Gasteiger partial charge < -0.3 is 4.74 Å². The standard InChI is InChI=1S/C25H36N6O/c1-7-32-24(5,6)25(11-10-22-27-15-21-20(29-22)16-28-30-21)12-13-31(17-25)23(3,4)19-9-8-18(2)26-14-19/h8-9,14-16H,7,10-13,17H2,1-6H3,(H,28,30)/t25-/m0/s1. The van der Waals surface area contributed by atoms with Crippen molar-refractivity contribution in [3.8, 4) is 0 Å². The zero-order valence-corrected chi connectivity index (χ0v) is 20.3. The smallest absolute Gasteiger partial charge is 0.129 e. The van der Waals surface area contributed by atoms with Gasteiger partial charge in [-0.3, -0.25) is 15.0 Å². The molecule has 1 aliphatic heterocycles. The van der Waals surface area contributed by atoms with Gasteiger partial charge in [0, 0.05) is 42.4 Å². The Morgan fingerprint density at radius 3 is 2.66 bits per heavy atom. The first-order chi connectivity index (χ1) is 15.2. The van der Waals surface area contributed by atoms with Crippen molar-refractivity contribution < 1.29 is 4.74 Å². The second-order valence-electron chi connectivity index (χ2n) is 10.1. The van der Waals surface area contributed by atoms with E-state index >= 15 is 0 Å². The average Bonchev–Trinajstić information content (AvgIpc) is 3.40. The van der Waals surface area contributed by atoms with Crippen molar-refractivity contribution in [2.24, 2.45) is 5.41 Å². The van der Waals surface area contributed by atoms with Crippen molar-refractivity contribution in [3.63, 3.8) is 0 Å². The minimum Gasteiger partial charge on any atom is -0.375 e. The third-order valence-corrected chi connectivity index (χ3v) is 7.61. The topological polar surface area (TPSA) is 79.8 Å². The number of aromatic nitrogens is 5. The Bertz CT molecular complexity index is 1060. The SMILES string of the molecule is CCOC(C)(C)[C@@]1(CCc2ncc3[nH]ncc3n2)CCN(C(C)(C)c2ccc(C)nc2)C1. The molecule has 7 heteroatoms. The van der Waals surface area contributed by atoms with E-state index in [1.165, 1.54) is 5.56 Å². The van der Waals surface area contributed by atoms with E-state index in [4.69, 9.17) is 9.72 Å². The van der Waals surface area contributed by atoms with E-state index in [2.05, 4.69) is 71.8 Å². The molecule has 1 saturated heterocycles. The average molecular weight is 437 g/mol. The Balaban J connectivity index is 1.58. The molecule has 4 heterocycles. The Labute approximate surface area is 191 Å². The highest BCUT2D eigenvalue weighted by Gasteiger charge is 2.52. The molecule has 0 unspecified atom stereocenters. The summed E-state index contributed by atoms with van der Waals surface area (Å²) in [6.07, 6.45) is 8.49. The van der Waals surface area contributed by atoms with Crippen LogP contribution < -0.4 is 0 Å². The summed E-state index contributed by atoms with van der Waals surface area (Å²) in [5.41, 5.74) is 3.70. The molecule has 0 spiro atoms. The highest BCUT2D eigenvalue weighted by molar-refractivity contribution is 5.71. The molecule has 3 aromatic rings. The molecular formula is C25H36N6O. The van der Waals surface area contributed by atoms with Crippen LogP contribution in [0.4, 0.5) is 0 Å². The zero-order valence-electron chi connectivity index (χ0n) is 20.3. The van der Waals surface area contributed by atoms with Crippen molar-refractivity contribution >= 4 is 11.0 Å². The Morgan fingerprint density at radius 2 is 1.94 bits per heavy atom. The summed E-state index contributed by atoms with van der Waals surface area (Å²) in [4.78, 5) is 16.4. The minimum atomic E-state index is -0.252. The van der Waals surface area contributed by atoms with Crippen LogP contribution in [0.1, 0.15) is 64.5 Å². The zero-order chi connectivity index (χ0) is 23.0. The number of aromatic amines is 1. The number of likely N-dealkylation sites (tertiary alicyclic amines) is 1. The van der Waals surface area contributed by atoms with Gasteiger partial charge in [-0.1, -0.05) is 6.07 Å². The number of aryl methyl sites for hydroxylation is 2. The number of H-pyrrole nitrogens is 1. The lowest BCUT2D eigenvalue weighted by atomic mass is 9.69. The number of hydrogen-bond donors (Lipinski definition) is 1. The number of nitrogens with one attached hydrogen (secondary N) is 1. The van der Waals surface area contributed by atoms with Gasteiger partial charge in [0.15, 0.2) is 0 Å². The van der Waals surface area contributed by atoms with Crippen LogP contribution in [0.5, 0.6) is 0 Å². The maximum atomic E-state index is 6.35.